The van der Waals surface area contributed by atoms with Crippen molar-refractivity contribution in [1.29, 1.82) is 0 Å². The summed E-state index contributed by atoms with van der Waals surface area (Å²) in [6.07, 6.45) is 1.94. The van der Waals surface area contributed by atoms with Crippen LogP contribution in [0.2, 0.25) is 0 Å². The summed E-state index contributed by atoms with van der Waals surface area (Å²) in [7, 11) is 0. The molecule has 1 atom stereocenters. The van der Waals surface area contributed by atoms with Crippen molar-refractivity contribution in [2.45, 2.75) is 19.3 Å². The Labute approximate surface area is 132 Å². The fourth-order valence-corrected chi connectivity index (χ4v) is 3.17. The van der Waals surface area contributed by atoms with Gasteiger partial charge in [-0.1, -0.05) is 0 Å². The number of aliphatic carboxylic acids is 1. The highest BCUT2D eigenvalue weighted by atomic mass is 16.6. The molecule has 0 bridgehead atoms. The van der Waals surface area contributed by atoms with Crippen LogP contribution in [0.4, 0.5) is 17.1 Å². The lowest BCUT2D eigenvalue weighted by Crippen LogP contribution is -2.26. The minimum Gasteiger partial charge on any atom is -0.481 e. The van der Waals surface area contributed by atoms with Crippen molar-refractivity contribution in [3.8, 4) is 0 Å². The van der Waals surface area contributed by atoms with Crippen LogP contribution in [-0.4, -0.2) is 41.5 Å². The van der Waals surface area contributed by atoms with Crippen molar-refractivity contribution in [3.63, 3.8) is 0 Å². The number of anilines is 2. The second kappa shape index (κ2) is 5.86. The van der Waals surface area contributed by atoms with E-state index in [0.717, 1.165) is 25.9 Å². The third kappa shape index (κ3) is 2.84. The van der Waals surface area contributed by atoms with Gasteiger partial charge in [0.1, 0.15) is 5.69 Å². The fraction of sp³-hybridized carbons (Fsp3) is 0.467. The molecule has 2 fully saturated rings. The number of nitrogens with zero attached hydrogens (tertiary/aromatic N) is 3. The molecule has 1 amide bonds. The highest BCUT2D eigenvalue weighted by molar-refractivity contribution is 5.99. The van der Waals surface area contributed by atoms with Crippen LogP contribution in [0.25, 0.3) is 0 Å². The first-order chi connectivity index (χ1) is 11.0. The zero-order chi connectivity index (χ0) is 16.6. The number of hydrogen-bond donors (Lipinski definition) is 1. The summed E-state index contributed by atoms with van der Waals surface area (Å²) < 4.78 is 0. The summed E-state index contributed by atoms with van der Waals surface area (Å²) in [4.78, 5) is 37.2. The number of amides is 1. The molecule has 3 rings (SSSR count). The molecule has 1 aromatic carbocycles. The molecule has 2 saturated heterocycles. The molecule has 0 aliphatic carbocycles. The van der Waals surface area contributed by atoms with Crippen LogP contribution in [-0.2, 0) is 9.59 Å². The van der Waals surface area contributed by atoms with Gasteiger partial charge in [-0.05, 0) is 25.0 Å². The van der Waals surface area contributed by atoms with E-state index >= 15 is 0 Å². The average molecular weight is 319 g/mol. The number of carboxylic acid groups (broad SMARTS) is 1. The van der Waals surface area contributed by atoms with Gasteiger partial charge in [-0.25, -0.2) is 0 Å². The Balaban J connectivity index is 1.92. The van der Waals surface area contributed by atoms with Crippen molar-refractivity contribution in [2.75, 3.05) is 29.4 Å². The SMILES string of the molecule is O=C(O)[C@H]1CC(=O)N(c2ccc(N3CCCC3)c([N+](=O)[O-])c2)C1. The van der Waals surface area contributed by atoms with E-state index in [0.29, 0.717) is 11.4 Å². The molecule has 0 spiro atoms. The lowest BCUT2D eigenvalue weighted by atomic mass is 10.1. The standard InChI is InChI=1S/C15H17N3O5/c19-14-7-10(15(20)21)9-17(14)11-3-4-12(13(8-11)18(22)23)16-5-1-2-6-16/h3-4,8,10H,1-2,5-7,9H2,(H,20,21)/t10-/m0/s1. The first kappa shape index (κ1) is 15.3. The number of carbonyl (C=O) groups is 2. The Bertz CT molecular complexity index is 669. The van der Waals surface area contributed by atoms with E-state index < -0.39 is 16.8 Å². The molecule has 0 aromatic heterocycles. The minimum atomic E-state index is -1.02. The Morgan fingerprint density at radius 2 is 2.00 bits per heavy atom. The highest BCUT2D eigenvalue weighted by Crippen LogP contribution is 2.36. The molecular formula is C15H17N3O5. The lowest BCUT2D eigenvalue weighted by Gasteiger charge is -2.20. The number of nitro groups is 1. The summed E-state index contributed by atoms with van der Waals surface area (Å²) in [5, 5.41) is 20.4. The smallest absolute Gasteiger partial charge is 0.308 e. The van der Waals surface area contributed by atoms with E-state index in [1.54, 1.807) is 12.1 Å². The number of rotatable bonds is 4. The van der Waals surface area contributed by atoms with Crippen molar-refractivity contribution in [1.82, 2.24) is 0 Å². The van der Waals surface area contributed by atoms with E-state index in [4.69, 9.17) is 5.11 Å². The molecule has 23 heavy (non-hydrogen) atoms. The predicted molar refractivity (Wildman–Crippen MR) is 82.6 cm³/mol. The van der Waals surface area contributed by atoms with Gasteiger partial charge >= 0.3 is 5.97 Å². The summed E-state index contributed by atoms with van der Waals surface area (Å²) in [6, 6.07) is 4.68. The van der Waals surface area contributed by atoms with Gasteiger partial charge in [-0.2, -0.15) is 0 Å². The fourth-order valence-electron chi connectivity index (χ4n) is 3.17. The Morgan fingerprint density at radius 3 is 2.57 bits per heavy atom. The molecule has 2 aliphatic rings. The zero-order valence-electron chi connectivity index (χ0n) is 12.5. The van der Waals surface area contributed by atoms with Crippen LogP contribution in [0.1, 0.15) is 19.3 Å². The van der Waals surface area contributed by atoms with Crippen molar-refractivity contribution >= 4 is 28.9 Å². The summed E-state index contributed by atoms with van der Waals surface area (Å²) in [5.41, 5.74) is 0.891. The van der Waals surface area contributed by atoms with Gasteiger partial charge in [0, 0.05) is 32.1 Å². The quantitative estimate of drug-likeness (QED) is 0.668. The summed E-state index contributed by atoms with van der Waals surface area (Å²) >= 11 is 0. The first-order valence-corrected chi connectivity index (χ1v) is 7.54. The van der Waals surface area contributed by atoms with Crippen LogP contribution in [0.5, 0.6) is 0 Å². The zero-order valence-corrected chi connectivity index (χ0v) is 12.5. The molecule has 0 radical (unpaired) electrons. The van der Waals surface area contributed by atoms with Crippen molar-refractivity contribution < 1.29 is 19.6 Å². The summed E-state index contributed by atoms with van der Waals surface area (Å²) in [5.74, 6) is -2.11. The second-order valence-corrected chi connectivity index (χ2v) is 5.87. The van der Waals surface area contributed by atoms with Crippen LogP contribution in [0.15, 0.2) is 18.2 Å². The molecule has 122 valence electrons. The van der Waals surface area contributed by atoms with Gasteiger partial charge in [0.05, 0.1) is 16.5 Å². The largest absolute Gasteiger partial charge is 0.481 e. The number of carboxylic acids is 1. The third-order valence-electron chi connectivity index (χ3n) is 4.39. The molecule has 2 aliphatic heterocycles. The number of nitro benzene ring substituents is 1. The number of hydrogen-bond acceptors (Lipinski definition) is 5. The van der Waals surface area contributed by atoms with Crippen LogP contribution in [0.3, 0.4) is 0 Å². The molecule has 1 aromatic rings. The van der Waals surface area contributed by atoms with Crippen molar-refractivity contribution in [3.05, 3.63) is 28.3 Å². The Morgan fingerprint density at radius 1 is 1.30 bits per heavy atom. The summed E-state index contributed by atoms with van der Waals surface area (Å²) in [6.45, 7) is 1.61. The Hall–Kier alpha value is -2.64. The van der Waals surface area contributed by atoms with Crippen molar-refractivity contribution in [2.24, 2.45) is 5.92 Å². The molecule has 0 unspecified atom stereocenters. The first-order valence-electron chi connectivity index (χ1n) is 7.54. The highest BCUT2D eigenvalue weighted by Gasteiger charge is 2.36. The van der Waals surface area contributed by atoms with E-state index in [9.17, 15) is 19.7 Å². The topological polar surface area (TPSA) is 104 Å². The maximum Gasteiger partial charge on any atom is 0.308 e. The monoisotopic (exact) mass is 319 g/mol. The molecule has 2 heterocycles. The maximum absolute atomic E-state index is 12.0. The van der Waals surface area contributed by atoms with E-state index in [-0.39, 0.29) is 24.6 Å². The van der Waals surface area contributed by atoms with Crippen LogP contribution < -0.4 is 9.80 Å². The van der Waals surface area contributed by atoms with Crippen LogP contribution >= 0.6 is 0 Å². The van der Waals surface area contributed by atoms with Gasteiger partial charge in [-0.3, -0.25) is 19.7 Å². The van der Waals surface area contributed by atoms with E-state index in [1.165, 1.54) is 11.0 Å². The predicted octanol–water partition coefficient (Wildman–Crippen LogP) is 1.63. The van der Waals surface area contributed by atoms with Gasteiger partial charge < -0.3 is 14.9 Å². The number of benzene rings is 1. The van der Waals surface area contributed by atoms with Gasteiger partial charge in [0.15, 0.2) is 0 Å². The second-order valence-electron chi connectivity index (χ2n) is 5.87. The van der Waals surface area contributed by atoms with Gasteiger partial charge in [0.2, 0.25) is 5.91 Å². The third-order valence-corrected chi connectivity index (χ3v) is 4.39. The van der Waals surface area contributed by atoms with Gasteiger partial charge in [0.25, 0.3) is 5.69 Å². The molecular weight excluding hydrogens is 302 g/mol. The minimum absolute atomic E-state index is 0.0454. The van der Waals surface area contributed by atoms with Crippen LogP contribution in [0, 0.1) is 16.0 Å². The number of carbonyl (C=O) groups excluding carboxylic acids is 1. The van der Waals surface area contributed by atoms with E-state index in [2.05, 4.69) is 0 Å². The average Bonchev–Trinajstić information content (AvgIpc) is 3.16. The lowest BCUT2D eigenvalue weighted by molar-refractivity contribution is -0.384. The normalized spacial score (nSPS) is 21.0. The molecule has 1 N–H and O–H groups in total. The maximum atomic E-state index is 12.0. The Kier molecular flexibility index (Phi) is 3.89. The molecule has 8 heteroatoms. The van der Waals surface area contributed by atoms with E-state index in [1.807, 2.05) is 4.90 Å². The van der Waals surface area contributed by atoms with Gasteiger partial charge in [-0.15, -0.1) is 0 Å². The molecule has 0 saturated carbocycles. The molecule has 8 nitrogen and oxygen atoms in total.